The van der Waals surface area contributed by atoms with Gasteiger partial charge < -0.3 is 15.4 Å². The second-order valence-electron chi connectivity index (χ2n) is 8.04. The molecule has 1 saturated carbocycles. The van der Waals surface area contributed by atoms with Crippen molar-refractivity contribution in [1.29, 1.82) is 0 Å². The predicted molar refractivity (Wildman–Crippen MR) is 105 cm³/mol. The smallest absolute Gasteiger partial charge is 0.407 e. The maximum atomic E-state index is 11.9. The number of alkyl carbamates (subject to hydrolysis) is 1. The molecule has 0 radical (unpaired) electrons. The standard InChI is InChI=1S/C22H28N2O2/c1-22(2,3)17-9-11-18(12-10-17)23-19-13-20(14-19)24-21(25)26-15-16-7-5-4-6-8-16/h4-12,19-20,23H,13-15H2,1-3H3,(H,24,25). The quantitative estimate of drug-likeness (QED) is 0.808. The Hall–Kier alpha value is -2.49. The number of hydrogen-bond donors (Lipinski definition) is 2. The van der Waals surface area contributed by atoms with Crippen molar-refractivity contribution in [2.24, 2.45) is 0 Å². The zero-order valence-corrected chi connectivity index (χ0v) is 15.8. The van der Waals surface area contributed by atoms with Crippen LogP contribution in [0.2, 0.25) is 0 Å². The van der Waals surface area contributed by atoms with E-state index in [9.17, 15) is 4.79 Å². The Morgan fingerprint density at radius 2 is 1.65 bits per heavy atom. The van der Waals surface area contributed by atoms with Gasteiger partial charge in [0.25, 0.3) is 0 Å². The van der Waals surface area contributed by atoms with E-state index in [4.69, 9.17) is 4.74 Å². The van der Waals surface area contributed by atoms with Gasteiger partial charge in [-0.2, -0.15) is 0 Å². The Labute approximate surface area is 156 Å². The number of anilines is 1. The molecule has 1 fully saturated rings. The summed E-state index contributed by atoms with van der Waals surface area (Å²) in [7, 11) is 0. The van der Waals surface area contributed by atoms with Crippen molar-refractivity contribution < 1.29 is 9.53 Å². The molecule has 0 aromatic heterocycles. The largest absolute Gasteiger partial charge is 0.445 e. The fraction of sp³-hybridized carbons (Fsp3) is 0.409. The summed E-state index contributed by atoms with van der Waals surface area (Å²) in [5, 5.41) is 6.46. The van der Waals surface area contributed by atoms with Crippen LogP contribution in [0.3, 0.4) is 0 Å². The van der Waals surface area contributed by atoms with Crippen LogP contribution < -0.4 is 10.6 Å². The van der Waals surface area contributed by atoms with E-state index in [1.807, 2.05) is 30.3 Å². The first-order valence-electron chi connectivity index (χ1n) is 9.24. The molecular formula is C22H28N2O2. The summed E-state index contributed by atoms with van der Waals surface area (Å²) >= 11 is 0. The second-order valence-corrected chi connectivity index (χ2v) is 8.04. The van der Waals surface area contributed by atoms with Crippen molar-refractivity contribution in [2.45, 2.75) is 57.7 Å². The molecule has 0 heterocycles. The lowest BCUT2D eigenvalue weighted by Crippen LogP contribution is -2.49. The molecule has 0 atom stereocenters. The minimum atomic E-state index is -0.341. The molecule has 4 nitrogen and oxygen atoms in total. The molecule has 138 valence electrons. The minimum absolute atomic E-state index is 0.171. The van der Waals surface area contributed by atoms with Crippen LogP contribution >= 0.6 is 0 Å². The molecule has 0 aliphatic heterocycles. The number of nitrogens with one attached hydrogen (secondary N) is 2. The summed E-state index contributed by atoms with van der Waals surface area (Å²) in [6.07, 6.45) is 1.50. The van der Waals surface area contributed by atoms with Gasteiger partial charge in [0.15, 0.2) is 0 Å². The van der Waals surface area contributed by atoms with E-state index in [1.165, 1.54) is 5.56 Å². The molecule has 1 amide bonds. The fourth-order valence-electron chi connectivity index (χ4n) is 3.09. The van der Waals surface area contributed by atoms with Gasteiger partial charge in [0.2, 0.25) is 0 Å². The molecule has 3 rings (SSSR count). The first kappa shape index (κ1) is 18.3. The molecule has 0 saturated heterocycles. The summed E-state index contributed by atoms with van der Waals surface area (Å²) in [6.45, 7) is 6.96. The van der Waals surface area contributed by atoms with Gasteiger partial charge in [-0.1, -0.05) is 63.2 Å². The molecular weight excluding hydrogens is 324 g/mol. The molecule has 1 aliphatic rings. The summed E-state index contributed by atoms with van der Waals surface area (Å²) in [5.74, 6) is 0. The Morgan fingerprint density at radius 1 is 1.00 bits per heavy atom. The van der Waals surface area contributed by atoms with Crippen LogP contribution in [0.5, 0.6) is 0 Å². The van der Waals surface area contributed by atoms with Gasteiger partial charge in [-0.25, -0.2) is 4.79 Å². The van der Waals surface area contributed by atoms with Crippen LogP contribution in [-0.2, 0) is 16.8 Å². The zero-order chi connectivity index (χ0) is 18.6. The third-order valence-corrected chi connectivity index (χ3v) is 4.79. The predicted octanol–water partition coefficient (Wildman–Crippen LogP) is 4.85. The Bertz CT molecular complexity index is 714. The normalized spacial score (nSPS) is 19.3. The van der Waals surface area contributed by atoms with Crippen LogP contribution in [0.15, 0.2) is 54.6 Å². The third-order valence-electron chi connectivity index (χ3n) is 4.79. The number of carbonyl (C=O) groups excluding carboxylic acids is 1. The van der Waals surface area contributed by atoms with E-state index < -0.39 is 0 Å². The van der Waals surface area contributed by atoms with Crippen molar-refractivity contribution in [3.05, 3.63) is 65.7 Å². The summed E-state index contributed by atoms with van der Waals surface area (Å²) in [6, 6.07) is 18.9. The molecule has 0 bridgehead atoms. The maximum absolute atomic E-state index is 11.9. The van der Waals surface area contributed by atoms with Crippen LogP contribution in [0, 0.1) is 0 Å². The highest BCUT2D eigenvalue weighted by Crippen LogP contribution is 2.27. The van der Waals surface area contributed by atoms with Gasteiger partial charge in [0.05, 0.1) is 0 Å². The molecule has 4 heteroatoms. The van der Waals surface area contributed by atoms with Crippen molar-refractivity contribution in [1.82, 2.24) is 5.32 Å². The summed E-state index contributed by atoms with van der Waals surface area (Å²) in [4.78, 5) is 11.9. The SMILES string of the molecule is CC(C)(C)c1ccc(NC2CC(NC(=O)OCc3ccccc3)C2)cc1. The van der Waals surface area contributed by atoms with Gasteiger partial charge in [-0.3, -0.25) is 0 Å². The number of benzene rings is 2. The van der Waals surface area contributed by atoms with E-state index in [0.717, 1.165) is 24.1 Å². The lowest BCUT2D eigenvalue weighted by atomic mass is 9.85. The van der Waals surface area contributed by atoms with Crippen molar-refractivity contribution in [3.8, 4) is 0 Å². The van der Waals surface area contributed by atoms with Gasteiger partial charge in [0.1, 0.15) is 6.61 Å². The molecule has 0 spiro atoms. The molecule has 2 N–H and O–H groups in total. The highest BCUT2D eigenvalue weighted by molar-refractivity contribution is 5.67. The number of rotatable bonds is 5. The molecule has 26 heavy (non-hydrogen) atoms. The van der Waals surface area contributed by atoms with Gasteiger partial charge in [-0.15, -0.1) is 0 Å². The van der Waals surface area contributed by atoms with Gasteiger partial charge >= 0.3 is 6.09 Å². The van der Waals surface area contributed by atoms with Gasteiger partial charge in [0, 0.05) is 17.8 Å². The topological polar surface area (TPSA) is 50.4 Å². The first-order valence-corrected chi connectivity index (χ1v) is 9.24. The highest BCUT2D eigenvalue weighted by Gasteiger charge is 2.30. The van der Waals surface area contributed by atoms with E-state index in [-0.39, 0.29) is 17.6 Å². The van der Waals surface area contributed by atoms with E-state index >= 15 is 0 Å². The third kappa shape index (κ3) is 5.01. The van der Waals surface area contributed by atoms with E-state index in [1.54, 1.807) is 0 Å². The Balaban J connectivity index is 1.37. The molecule has 2 aromatic carbocycles. The Morgan fingerprint density at radius 3 is 2.27 bits per heavy atom. The monoisotopic (exact) mass is 352 g/mol. The van der Waals surface area contributed by atoms with Crippen LogP contribution in [0.4, 0.5) is 10.5 Å². The maximum Gasteiger partial charge on any atom is 0.407 e. The van der Waals surface area contributed by atoms with Crippen LogP contribution in [0.25, 0.3) is 0 Å². The van der Waals surface area contributed by atoms with Crippen molar-refractivity contribution >= 4 is 11.8 Å². The number of ether oxygens (including phenoxy) is 1. The zero-order valence-electron chi connectivity index (χ0n) is 15.8. The number of amides is 1. The minimum Gasteiger partial charge on any atom is -0.445 e. The average Bonchev–Trinajstić information content (AvgIpc) is 2.58. The second kappa shape index (κ2) is 7.81. The number of hydrogen-bond acceptors (Lipinski definition) is 3. The fourth-order valence-corrected chi connectivity index (χ4v) is 3.09. The molecule has 1 aliphatic carbocycles. The summed E-state index contributed by atoms with van der Waals surface area (Å²) in [5.41, 5.74) is 3.63. The highest BCUT2D eigenvalue weighted by atomic mass is 16.5. The average molecular weight is 352 g/mol. The summed E-state index contributed by atoms with van der Waals surface area (Å²) < 4.78 is 5.26. The van der Waals surface area contributed by atoms with Crippen LogP contribution in [0.1, 0.15) is 44.7 Å². The molecule has 2 aromatic rings. The molecule has 0 unspecified atom stereocenters. The Kier molecular flexibility index (Phi) is 5.50. The van der Waals surface area contributed by atoms with Crippen molar-refractivity contribution in [3.63, 3.8) is 0 Å². The van der Waals surface area contributed by atoms with Crippen LogP contribution in [-0.4, -0.2) is 18.2 Å². The first-order chi connectivity index (χ1) is 12.4. The lowest BCUT2D eigenvalue weighted by molar-refractivity contribution is 0.129. The lowest BCUT2D eigenvalue weighted by Gasteiger charge is -2.36. The van der Waals surface area contributed by atoms with Crippen molar-refractivity contribution in [2.75, 3.05) is 5.32 Å². The van der Waals surface area contributed by atoms with E-state index in [2.05, 4.69) is 55.7 Å². The number of carbonyl (C=O) groups is 1. The van der Waals surface area contributed by atoms with Gasteiger partial charge in [-0.05, 0) is 41.5 Å². The van der Waals surface area contributed by atoms with E-state index in [0.29, 0.717) is 12.6 Å².